The molecule has 0 bridgehead atoms. The maximum Gasteiger partial charge on any atom is 0.293 e. The van der Waals surface area contributed by atoms with Gasteiger partial charge in [-0.2, -0.15) is 0 Å². The molecule has 1 aliphatic rings. The number of aryl methyl sites for hydroxylation is 1. The number of benzene rings is 2. The topological polar surface area (TPSA) is 78.0 Å². The molecule has 1 aliphatic heterocycles. The highest BCUT2D eigenvalue weighted by Crippen LogP contribution is 2.34. The van der Waals surface area contributed by atoms with Gasteiger partial charge in [0.2, 0.25) is 0 Å². The Bertz CT molecular complexity index is 1200. The first-order valence-corrected chi connectivity index (χ1v) is 11.5. The van der Waals surface area contributed by atoms with Crippen LogP contribution in [0, 0.1) is 6.92 Å². The van der Waals surface area contributed by atoms with Crippen LogP contribution >= 0.6 is 11.8 Å². The van der Waals surface area contributed by atoms with Crippen molar-refractivity contribution in [3.63, 3.8) is 0 Å². The van der Waals surface area contributed by atoms with E-state index in [1.165, 1.54) is 4.90 Å². The number of carbonyl (C=O) groups excluding carboxylic acids is 2. The molecule has 7 nitrogen and oxygen atoms in total. The van der Waals surface area contributed by atoms with E-state index in [2.05, 4.69) is 4.98 Å². The Morgan fingerprint density at radius 3 is 2.47 bits per heavy atom. The molecule has 8 heteroatoms. The molecule has 4 rings (SSSR count). The zero-order valence-electron chi connectivity index (χ0n) is 18.9. The van der Waals surface area contributed by atoms with E-state index in [-0.39, 0.29) is 24.3 Å². The first-order valence-electron chi connectivity index (χ1n) is 10.7. The van der Waals surface area contributed by atoms with Crippen LogP contribution in [0.1, 0.15) is 16.7 Å². The van der Waals surface area contributed by atoms with Gasteiger partial charge >= 0.3 is 0 Å². The zero-order valence-corrected chi connectivity index (χ0v) is 19.7. The Morgan fingerprint density at radius 1 is 0.971 bits per heavy atom. The lowest BCUT2D eigenvalue weighted by molar-refractivity contribution is -0.123. The van der Waals surface area contributed by atoms with Crippen molar-refractivity contribution in [1.29, 1.82) is 0 Å². The zero-order chi connectivity index (χ0) is 23.9. The van der Waals surface area contributed by atoms with E-state index in [0.717, 1.165) is 28.5 Å². The third-order valence-corrected chi connectivity index (χ3v) is 6.01. The van der Waals surface area contributed by atoms with Gasteiger partial charge in [-0.05, 0) is 72.3 Å². The van der Waals surface area contributed by atoms with Crippen LogP contribution in [-0.4, -0.2) is 41.3 Å². The minimum absolute atomic E-state index is 0.182. The second-order valence-corrected chi connectivity index (χ2v) is 8.54. The molecule has 0 unspecified atom stereocenters. The van der Waals surface area contributed by atoms with Gasteiger partial charge in [0.25, 0.3) is 11.1 Å². The van der Waals surface area contributed by atoms with Crippen LogP contribution in [0.4, 0.5) is 4.79 Å². The molecule has 2 amide bonds. The first-order chi connectivity index (χ1) is 16.5. The van der Waals surface area contributed by atoms with Gasteiger partial charge in [-0.3, -0.25) is 19.5 Å². The van der Waals surface area contributed by atoms with Crippen LogP contribution in [0.15, 0.2) is 71.9 Å². The Morgan fingerprint density at radius 2 is 1.74 bits per heavy atom. The van der Waals surface area contributed by atoms with Crippen molar-refractivity contribution in [2.45, 2.75) is 13.5 Å². The number of methoxy groups -OCH3 is 1. The number of rotatable bonds is 9. The van der Waals surface area contributed by atoms with Gasteiger partial charge in [-0.15, -0.1) is 0 Å². The Labute approximate surface area is 202 Å². The molecule has 3 aromatic rings. The van der Waals surface area contributed by atoms with Crippen LogP contribution < -0.4 is 14.2 Å². The molecule has 0 aliphatic carbocycles. The SMILES string of the molecule is COc1cc(/C=C2\SC(=O)N(CCOc3ccc(C)cc3)C2=O)ccc1OCc1ccncc1. The van der Waals surface area contributed by atoms with Gasteiger partial charge in [0, 0.05) is 12.4 Å². The minimum atomic E-state index is -0.334. The number of ether oxygens (including phenoxy) is 3. The number of amides is 2. The highest BCUT2D eigenvalue weighted by Gasteiger charge is 2.34. The van der Waals surface area contributed by atoms with E-state index >= 15 is 0 Å². The van der Waals surface area contributed by atoms with Gasteiger partial charge < -0.3 is 14.2 Å². The van der Waals surface area contributed by atoms with Crippen molar-refractivity contribution >= 4 is 29.0 Å². The number of thioether (sulfide) groups is 1. The molecule has 0 N–H and O–H groups in total. The predicted octanol–water partition coefficient (Wildman–Crippen LogP) is 5.09. The van der Waals surface area contributed by atoms with Crippen LogP contribution in [0.2, 0.25) is 0 Å². The van der Waals surface area contributed by atoms with Crippen molar-refractivity contribution in [3.8, 4) is 17.2 Å². The van der Waals surface area contributed by atoms with Gasteiger partial charge in [0.05, 0.1) is 18.6 Å². The lowest BCUT2D eigenvalue weighted by atomic mass is 10.2. The van der Waals surface area contributed by atoms with Crippen LogP contribution in [0.3, 0.4) is 0 Å². The summed E-state index contributed by atoms with van der Waals surface area (Å²) in [6.07, 6.45) is 5.10. The monoisotopic (exact) mass is 476 g/mol. The standard InChI is InChI=1S/C26H24N2O5S/c1-18-3-6-21(7-4-18)32-14-13-28-25(29)24(34-26(28)30)16-20-5-8-22(23(15-20)31-2)33-17-19-9-11-27-12-10-19/h3-12,15-16H,13-14,17H2,1-2H3/b24-16-. The van der Waals surface area contributed by atoms with Crippen molar-refractivity contribution in [2.24, 2.45) is 0 Å². The second kappa shape index (κ2) is 10.9. The molecule has 0 atom stereocenters. The fourth-order valence-corrected chi connectivity index (χ4v) is 4.13. The molecule has 0 radical (unpaired) electrons. The molecule has 1 fully saturated rings. The van der Waals surface area contributed by atoms with Gasteiger partial charge in [-0.25, -0.2) is 0 Å². The summed E-state index contributed by atoms with van der Waals surface area (Å²) in [6, 6.07) is 16.7. The summed E-state index contributed by atoms with van der Waals surface area (Å²) in [5.41, 5.74) is 2.85. The van der Waals surface area contributed by atoms with Gasteiger partial charge in [-0.1, -0.05) is 23.8 Å². The Balaban J connectivity index is 1.39. The Hall–Kier alpha value is -3.78. The molecule has 0 saturated carbocycles. The Kier molecular flexibility index (Phi) is 7.49. The summed E-state index contributed by atoms with van der Waals surface area (Å²) in [5, 5.41) is -0.312. The second-order valence-electron chi connectivity index (χ2n) is 7.55. The molecule has 2 heterocycles. The van der Waals surface area contributed by atoms with Gasteiger partial charge in [0.15, 0.2) is 11.5 Å². The molecule has 34 heavy (non-hydrogen) atoms. The molecule has 1 saturated heterocycles. The van der Waals surface area contributed by atoms with E-state index < -0.39 is 0 Å². The molecular weight excluding hydrogens is 452 g/mol. The third kappa shape index (κ3) is 5.77. The van der Waals surface area contributed by atoms with Crippen LogP contribution in [-0.2, 0) is 11.4 Å². The fraction of sp³-hybridized carbons (Fsp3) is 0.192. The largest absolute Gasteiger partial charge is 0.493 e. The van der Waals surface area contributed by atoms with E-state index in [4.69, 9.17) is 14.2 Å². The number of pyridine rings is 1. The minimum Gasteiger partial charge on any atom is -0.493 e. The smallest absolute Gasteiger partial charge is 0.293 e. The maximum absolute atomic E-state index is 12.8. The number of hydrogen-bond donors (Lipinski definition) is 0. The summed E-state index contributed by atoms with van der Waals surface area (Å²) in [5.74, 6) is 1.48. The quantitative estimate of drug-likeness (QED) is 0.398. The number of aromatic nitrogens is 1. The number of nitrogens with zero attached hydrogens (tertiary/aromatic N) is 2. The molecule has 1 aromatic heterocycles. The maximum atomic E-state index is 12.8. The average molecular weight is 477 g/mol. The molecule has 0 spiro atoms. The fourth-order valence-electron chi connectivity index (χ4n) is 3.27. The summed E-state index contributed by atoms with van der Waals surface area (Å²) in [7, 11) is 1.56. The number of imide groups is 1. The number of carbonyl (C=O) groups is 2. The van der Waals surface area contributed by atoms with Crippen LogP contribution in [0.25, 0.3) is 6.08 Å². The molecular formula is C26H24N2O5S. The van der Waals surface area contributed by atoms with Gasteiger partial charge in [0.1, 0.15) is 19.0 Å². The van der Waals surface area contributed by atoms with Crippen molar-refractivity contribution in [2.75, 3.05) is 20.3 Å². The van der Waals surface area contributed by atoms with Crippen LogP contribution in [0.5, 0.6) is 17.2 Å². The lowest BCUT2D eigenvalue weighted by Crippen LogP contribution is -2.32. The summed E-state index contributed by atoms with van der Waals surface area (Å²) >= 11 is 0.915. The summed E-state index contributed by atoms with van der Waals surface area (Å²) in [4.78, 5) is 30.7. The highest BCUT2D eigenvalue weighted by molar-refractivity contribution is 8.18. The van der Waals surface area contributed by atoms with Crippen molar-refractivity contribution in [3.05, 3.63) is 88.6 Å². The normalized spacial score (nSPS) is 14.5. The molecule has 174 valence electrons. The summed E-state index contributed by atoms with van der Waals surface area (Å²) in [6.45, 7) is 2.78. The van der Waals surface area contributed by atoms with Crippen molar-refractivity contribution < 1.29 is 23.8 Å². The summed E-state index contributed by atoms with van der Waals surface area (Å²) < 4.78 is 17.0. The van der Waals surface area contributed by atoms with E-state index in [9.17, 15) is 9.59 Å². The third-order valence-electron chi connectivity index (χ3n) is 5.11. The lowest BCUT2D eigenvalue weighted by Gasteiger charge is -2.13. The van der Waals surface area contributed by atoms with E-state index in [1.54, 1.807) is 37.7 Å². The number of hydrogen-bond acceptors (Lipinski definition) is 7. The predicted molar refractivity (Wildman–Crippen MR) is 131 cm³/mol. The average Bonchev–Trinajstić information content (AvgIpc) is 3.12. The first kappa shape index (κ1) is 23.4. The van der Waals surface area contributed by atoms with E-state index in [0.29, 0.717) is 28.8 Å². The molecule has 2 aromatic carbocycles. The van der Waals surface area contributed by atoms with E-state index in [1.807, 2.05) is 49.4 Å². The van der Waals surface area contributed by atoms with Crippen molar-refractivity contribution in [1.82, 2.24) is 9.88 Å². The highest BCUT2D eigenvalue weighted by atomic mass is 32.2.